The molecule has 0 aliphatic heterocycles. The molecule has 0 unspecified atom stereocenters. The number of benzene rings is 6. The van der Waals surface area contributed by atoms with E-state index in [9.17, 15) is 0 Å². The number of rotatable bonds is 6. The molecule has 8 heteroatoms. The highest BCUT2D eigenvalue weighted by atomic mass is 15.1. The van der Waals surface area contributed by atoms with Gasteiger partial charge in [0.1, 0.15) is 21.5 Å². The van der Waals surface area contributed by atoms with E-state index in [0.717, 1.165) is 28.1 Å². The van der Waals surface area contributed by atoms with Crippen LogP contribution in [0.5, 0.6) is 0 Å². The van der Waals surface area contributed by atoms with E-state index in [0.29, 0.717) is 0 Å². The van der Waals surface area contributed by atoms with Crippen LogP contribution in [0.25, 0.3) is 71.6 Å². The van der Waals surface area contributed by atoms with Crippen molar-refractivity contribution in [1.29, 1.82) is 0 Å². The Morgan fingerprint density at radius 3 is 1.71 bits per heavy atom. The lowest BCUT2D eigenvalue weighted by atomic mass is 9.23. The van der Waals surface area contributed by atoms with Gasteiger partial charge in [-0.25, -0.2) is 4.98 Å². The zero-order valence-electron chi connectivity index (χ0n) is 28.2. The van der Waals surface area contributed by atoms with Crippen LogP contribution in [0.2, 0.25) is 5.11 Å². The molecule has 0 aliphatic rings. The lowest BCUT2D eigenvalue weighted by Crippen LogP contribution is -2.45. The molecule has 0 atom stereocenters. The molecule has 8 rings (SSSR count). The second kappa shape index (κ2) is 11.5. The topological polar surface area (TPSA) is 30.7 Å². The van der Waals surface area contributed by atoms with Crippen molar-refractivity contribution in [2.45, 2.75) is 10.3 Å². The first-order chi connectivity index (χ1) is 23.2. The third-order valence-corrected chi connectivity index (χ3v) is 10.5. The van der Waals surface area contributed by atoms with Crippen LogP contribution in [-0.4, -0.2) is 53.8 Å². The van der Waals surface area contributed by atoms with Crippen molar-refractivity contribution in [2.75, 3.05) is 0 Å². The maximum atomic E-state index is 5.27. The van der Waals surface area contributed by atoms with Crippen LogP contribution in [-0.2, 0) is 5.21 Å². The van der Waals surface area contributed by atoms with Crippen LogP contribution in [0.1, 0.15) is 5.82 Å². The van der Waals surface area contributed by atoms with Crippen molar-refractivity contribution < 1.29 is 0 Å². The summed E-state index contributed by atoms with van der Waals surface area (Å²) in [5.74, 6) is 1.08. The van der Waals surface area contributed by atoms with Gasteiger partial charge in [0.2, 0.25) is 0 Å². The number of para-hydroxylation sites is 2. The summed E-state index contributed by atoms with van der Waals surface area (Å²) in [6.07, 6.45) is 3.74. The van der Waals surface area contributed by atoms with Gasteiger partial charge in [0.25, 0.3) is 0 Å². The zero-order chi connectivity index (χ0) is 33.0. The molecule has 0 fully saturated rings. The van der Waals surface area contributed by atoms with E-state index in [-0.39, 0.29) is 10.3 Å². The fourth-order valence-electron chi connectivity index (χ4n) is 7.06. The second-order valence-corrected chi connectivity index (χ2v) is 14.3. The molecule has 0 aliphatic carbocycles. The Hall–Kier alpha value is -5.22. The minimum Gasteiger partial charge on any atom is -0.297 e. The van der Waals surface area contributed by atoms with Crippen molar-refractivity contribution >= 4 is 71.8 Å². The highest BCUT2D eigenvalue weighted by Crippen LogP contribution is 2.46. The molecule has 0 amide bonds. The average Bonchev–Trinajstić information content (AvgIpc) is 3.51. The van der Waals surface area contributed by atoms with E-state index in [2.05, 4.69) is 182 Å². The molecule has 0 saturated carbocycles. The monoisotopic (exact) mass is 611 g/mol. The first kappa shape index (κ1) is 30.1. The number of imidazole rings is 1. The number of hydrogen-bond acceptors (Lipinski definition) is 2. The van der Waals surface area contributed by atoms with Crippen LogP contribution >= 0.6 is 0 Å². The molecule has 0 bridgehead atoms. The van der Waals surface area contributed by atoms with Crippen LogP contribution in [0.3, 0.4) is 0 Å². The van der Waals surface area contributed by atoms with Crippen molar-refractivity contribution in [2.24, 2.45) is 0 Å². The second-order valence-electron chi connectivity index (χ2n) is 14.3. The Kier molecular flexibility index (Phi) is 7.21. The fraction of sp³-hybridized carbons (Fsp3) is 0.0500. The van der Waals surface area contributed by atoms with Crippen LogP contribution in [0.15, 0.2) is 146 Å². The van der Waals surface area contributed by atoms with Crippen molar-refractivity contribution in [3.05, 3.63) is 152 Å². The highest BCUT2D eigenvalue weighted by Gasteiger charge is 2.38. The van der Waals surface area contributed by atoms with Gasteiger partial charge in [-0.2, -0.15) is 0 Å². The standard InChI is InChI=1S/C40H34B5N3/c41-39(42,40(43,44)45)38-47-34-18-7-8-19-35(34)48(38)27-11-9-10-26(24-27)36-30-14-3-5-16-32(30)37(33-17-6-4-15-31(33)36)29-13-2-1-12-28(29)25-20-22-46-23-21-25/h1-24H,41-45H2. The molecule has 224 valence electrons. The van der Waals surface area contributed by atoms with E-state index in [1.807, 2.05) is 12.4 Å². The molecule has 6 aromatic carbocycles. The van der Waals surface area contributed by atoms with Crippen molar-refractivity contribution in [3.8, 4) is 39.1 Å². The van der Waals surface area contributed by atoms with E-state index in [1.165, 1.54) is 49.4 Å². The third-order valence-electron chi connectivity index (χ3n) is 10.5. The van der Waals surface area contributed by atoms with E-state index < -0.39 is 0 Å². The summed E-state index contributed by atoms with van der Waals surface area (Å²) in [6, 6.07) is 48.3. The first-order valence-corrected chi connectivity index (χ1v) is 16.8. The van der Waals surface area contributed by atoms with Gasteiger partial charge in [-0.1, -0.05) is 97.1 Å². The Labute approximate surface area is 286 Å². The Bertz CT molecular complexity index is 2430. The Morgan fingerprint density at radius 2 is 1.06 bits per heavy atom. The first-order valence-electron chi connectivity index (χ1n) is 16.8. The largest absolute Gasteiger partial charge is 0.297 e. The summed E-state index contributed by atoms with van der Waals surface area (Å²) in [5.41, 5.74) is 10.5. The number of pyridine rings is 1. The average molecular weight is 611 g/mol. The molecule has 2 heterocycles. The van der Waals surface area contributed by atoms with Crippen LogP contribution < -0.4 is 0 Å². The minimum atomic E-state index is -0.189. The number of hydrogen-bond donors (Lipinski definition) is 0. The molecule has 0 spiro atoms. The maximum Gasteiger partial charge on any atom is 0.106 e. The fourth-order valence-corrected chi connectivity index (χ4v) is 7.06. The summed E-state index contributed by atoms with van der Waals surface area (Å²) < 4.78 is 2.38. The van der Waals surface area contributed by atoms with Gasteiger partial charge in [-0.15, -0.1) is 5.11 Å². The third kappa shape index (κ3) is 4.82. The smallest absolute Gasteiger partial charge is 0.106 e. The molecule has 0 radical (unpaired) electrons. The van der Waals surface area contributed by atoms with Crippen LogP contribution in [0.4, 0.5) is 0 Å². The Morgan fingerprint density at radius 1 is 0.500 bits per heavy atom. The summed E-state index contributed by atoms with van der Waals surface area (Å²) >= 11 is 0. The summed E-state index contributed by atoms with van der Waals surface area (Å²) in [6.45, 7) is 0. The predicted molar refractivity (Wildman–Crippen MR) is 217 cm³/mol. The molecule has 2 aromatic heterocycles. The SMILES string of the molecule is BC(B)(B)C(B)(B)c1nc2ccccc2n1-c1cccc(-c2c3ccccc3c(-c3ccccc3-c3ccncc3)c3ccccc23)c1. The van der Waals surface area contributed by atoms with E-state index in [1.54, 1.807) is 0 Å². The molecule has 0 saturated heterocycles. The molecular formula is C40H34B5N3. The van der Waals surface area contributed by atoms with Gasteiger partial charge in [-0.3, -0.25) is 9.55 Å². The van der Waals surface area contributed by atoms with E-state index >= 15 is 0 Å². The van der Waals surface area contributed by atoms with Crippen LogP contribution in [0, 0.1) is 0 Å². The molecule has 8 aromatic rings. The van der Waals surface area contributed by atoms with Gasteiger partial charge in [0, 0.05) is 18.1 Å². The lowest BCUT2D eigenvalue weighted by Gasteiger charge is -2.39. The van der Waals surface area contributed by atoms with Crippen molar-refractivity contribution in [3.63, 3.8) is 0 Å². The predicted octanol–water partition coefficient (Wildman–Crippen LogP) is 5.12. The van der Waals surface area contributed by atoms with Gasteiger partial charge < -0.3 is 0 Å². The number of aromatic nitrogens is 3. The summed E-state index contributed by atoms with van der Waals surface area (Å²) in [5, 5.41) is 4.75. The zero-order valence-corrected chi connectivity index (χ0v) is 28.2. The van der Waals surface area contributed by atoms with E-state index in [4.69, 9.17) is 4.98 Å². The van der Waals surface area contributed by atoms with Crippen molar-refractivity contribution in [1.82, 2.24) is 14.5 Å². The number of nitrogens with zero attached hydrogens (tertiary/aromatic N) is 3. The molecule has 48 heavy (non-hydrogen) atoms. The lowest BCUT2D eigenvalue weighted by molar-refractivity contribution is 0.757. The number of fused-ring (bicyclic) bond motifs is 3. The van der Waals surface area contributed by atoms with Gasteiger partial charge in [0.15, 0.2) is 0 Å². The summed E-state index contributed by atoms with van der Waals surface area (Å²) in [4.78, 5) is 9.55. The van der Waals surface area contributed by atoms with Gasteiger partial charge >= 0.3 is 0 Å². The van der Waals surface area contributed by atoms with Gasteiger partial charge in [0.05, 0.1) is 34.6 Å². The van der Waals surface area contributed by atoms with Gasteiger partial charge in [-0.05, 0) is 96.5 Å². The maximum absolute atomic E-state index is 5.27. The quantitative estimate of drug-likeness (QED) is 0.193. The summed E-state index contributed by atoms with van der Waals surface area (Å²) in [7, 11) is 11.6. The molecule has 0 N–H and O–H groups in total. The normalized spacial score (nSPS) is 12.2. The Balaban J connectivity index is 1.41. The molecular weight excluding hydrogens is 577 g/mol. The molecule has 3 nitrogen and oxygen atoms in total. The minimum absolute atomic E-state index is 0.00146. The highest BCUT2D eigenvalue weighted by molar-refractivity contribution is 6.67.